The van der Waals surface area contributed by atoms with Crippen LogP contribution >= 0.6 is 15.9 Å². The van der Waals surface area contributed by atoms with Crippen LogP contribution in [-0.2, 0) is 6.42 Å². The van der Waals surface area contributed by atoms with Crippen LogP contribution in [0, 0.1) is 0 Å². The van der Waals surface area contributed by atoms with Gasteiger partial charge in [0, 0.05) is 11.5 Å². The van der Waals surface area contributed by atoms with Gasteiger partial charge in [0.15, 0.2) is 0 Å². The van der Waals surface area contributed by atoms with Crippen molar-refractivity contribution in [1.29, 1.82) is 0 Å². The van der Waals surface area contributed by atoms with Crippen LogP contribution in [0.25, 0.3) is 5.69 Å². The zero-order valence-electron chi connectivity index (χ0n) is 9.77. The average Bonchev–Trinajstić information content (AvgIpc) is 2.85. The predicted molar refractivity (Wildman–Crippen MR) is 72.2 cm³/mol. The van der Waals surface area contributed by atoms with Crippen molar-refractivity contribution in [3.05, 3.63) is 42.2 Å². The molecule has 1 heterocycles. The number of alkyl halides is 1. The van der Waals surface area contributed by atoms with Crippen LogP contribution in [0.1, 0.15) is 12.0 Å². The second kappa shape index (κ2) is 5.87. The Bertz CT molecular complexity index is 482. The largest absolute Gasteiger partial charge is 0.494 e. The Kier molecular flexibility index (Phi) is 4.20. The molecule has 0 radical (unpaired) electrons. The summed E-state index contributed by atoms with van der Waals surface area (Å²) in [6.45, 7) is 0. The predicted octanol–water partition coefficient (Wildman–Crippen LogP) is 3.21. The standard InChI is InChI=1S/C13H15BrN2O/c1-17-13-7-3-2-6-12(13)16-10-11(9-15-16)5-4-8-14/h2-3,6-7,9-10H,4-5,8H2,1H3. The van der Waals surface area contributed by atoms with Gasteiger partial charge in [-0.1, -0.05) is 28.1 Å². The number of hydrogen-bond acceptors (Lipinski definition) is 2. The first-order chi connectivity index (χ1) is 8.35. The number of methoxy groups -OCH3 is 1. The molecule has 0 aliphatic carbocycles. The Labute approximate surface area is 110 Å². The second-order valence-corrected chi connectivity index (χ2v) is 4.55. The molecule has 4 heteroatoms. The maximum absolute atomic E-state index is 5.32. The van der Waals surface area contributed by atoms with Crippen molar-refractivity contribution in [2.45, 2.75) is 12.8 Å². The molecule has 0 atom stereocenters. The van der Waals surface area contributed by atoms with Crippen LogP contribution < -0.4 is 4.74 Å². The molecule has 90 valence electrons. The molecule has 17 heavy (non-hydrogen) atoms. The summed E-state index contributed by atoms with van der Waals surface area (Å²) in [5.41, 5.74) is 2.22. The lowest BCUT2D eigenvalue weighted by Crippen LogP contribution is -1.97. The van der Waals surface area contributed by atoms with Gasteiger partial charge in [-0.2, -0.15) is 5.10 Å². The second-order valence-electron chi connectivity index (χ2n) is 3.76. The SMILES string of the molecule is COc1ccccc1-n1cc(CCCBr)cn1. The van der Waals surface area contributed by atoms with Gasteiger partial charge in [0.05, 0.1) is 13.3 Å². The quantitative estimate of drug-likeness (QED) is 0.792. The van der Waals surface area contributed by atoms with E-state index in [1.54, 1.807) is 7.11 Å². The third-order valence-corrected chi connectivity index (χ3v) is 3.13. The van der Waals surface area contributed by atoms with Crippen molar-refractivity contribution < 1.29 is 4.74 Å². The summed E-state index contributed by atoms with van der Waals surface area (Å²) < 4.78 is 7.19. The van der Waals surface area contributed by atoms with Crippen molar-refractivity contribution in [3.8, 4) is 11.4 Å². The van der Waals surface area contributed by atoms with Crippen molar-refractivity contribution in [2.24, 2.45) is 0 Å². The number of nitrogens with zero attached hydrogens (tertiary/aromatic N) is 2. The Morgan fingerprint density at radius 2 is 2.18 bits per heavy atom. The number of rotatable bonds is 5. The summed E-state index contributed by atoms with van der Waals surface area (Å²) in [5.74, 6) is 0.836. The fourth-order valence-electron chi connectivity index (χ4n) is 1.71. The zero-order chi connectivity index (χ0) is 12.1. The molecule has 2 rings (SSSR count). The Hall–Kier alpha value is -1.29. The maximum atomic E-state index is 5.32. The first kappa shape index (κ1) is 12.2. The van der Waals surface area contributed by atoms with Crippen molar-refractivity contribution >= 4 is 15.9 Å². The Balaban J connectivity index is 2.24. The maximum Gasteiger partial charge on any atom is 0.144 e. The summed E-state index contributed by atoms with van der Waals surface area (Å²) in [5, 5.41) is 5.39. The number of ether oxygens (including phenoxy) is 1. The molecule has 3 nitrogen and oxygen atoms in total. The number of aromatic nitrogens is 2. The Morgan fingerprint density at radius 1 is 1.35 bits per heavy atom. The van der Waals surface area contributed by atoms with Gasteiger partial charge in [0.25, 0.3) is 0 Å². The molecule has 0 bridgehead atoms. The highest BCUT2D eigenvalue weighted by Gasteiger charge is 2.05. The van der Waals surface area contributed by atoms with E-state index in [4.69, 9.17) is 4.74 Å². The van der Waals surface area contributed by atoms with Gasteiger partial charge >= 0.3 is 0 Å². The van der Waals surface area contributed by atoms with Crippen LogP contribution in [-0.4, -0.2) is 22.2 Å². The number of para-hydroxylation sites is 2. The number of aryl methyl sites for hydroxylation is 1. The highest BCUT2D eigenvalue weighted by Crippen LogP contribution is 2.21. The van der Waals surface area contributed by atoms with Gasteiger partial charge in [-0.05, 0) is 30.5 Å². The summed E-state index contributed by atoms with van der Waals surface area (Å²) in [6.07, 6.45) is 6.13. The van der Waals surface area contributed by atoms with Crippen molar-refractivity contribution in [3.63, 3.8) is 0 Å². The number of hydrogen-bond donors (Lipinski definition) is 0. The smallest absolute Gasteiger partial charge is 0.144 e. The molecule has 0 amide bonds. The third-order valence-electron chi connectivity index (χ3n) is 2.57. The fourth-order valence-corrected chi connectivity index (χ4v) is 1.99. The minimum Gasteiger partial charge on any atom is -0.494 e. The molecule has 0 N–H and O–H groups in total. The van der Waals surface area contributed by atoms with Gasteiger partial charge < -0.3 is 4.74 Å². The van der Waals surface area contributed by atoms with E-state index in [0.717, 1.165) is 29.6 Å². The lowest BCUT2D eigenvalue weighted by Gasteiger charge is -2.07. The van der Waals surface area contributed by atoms with Crippen molar-refractivity contribution in [1.82, 2.24) is 9.78 Å². The van der Waals surface area contributed by atoms with Crippen LogP contribution in [0.3, 0.4) is 0 Å². The third kappa shape index (κ3) is 2.88. The van der Waals surface area contributed by atoms with Gasteiger partial charge in [-0.15, -0.1) is 0 Å². The van der Waals surface area contributed by atoms with Crippen molar-refractivity contribution in [2.75, 3.05) is 12.4 Å². The number of halogens is 1. The minimum absolute atomic E-state index is 0.836. The van der Waals surface area contributed by atoms with E-state index in [1.165, 1.54) is 5.56 Å². The molecule has 0 fully saturated rings. The van der Waals surface area contributed by atoms with E-state index in [0.29, 0.717) is 0 Å². The average molecular weight is 295 g/mol. The molecule has 0 aliphatic rings. The monoisotopic (exact) mass is 294 g/mol. The van der Waals surface area contributed by atoms with Gasteiger partial charge in [-0.25, -0.2) is 4.68 Å². The highest BCUT2D eigenvalue weighted by molar-refractivity contribution is 9.09. The summed E-state index contributed by atoms with van der Waals surface area (Å²) in [4.78, 5) is 0. The van der Waals surface area contributed by atoms with E-state index >= 15 is 0 Å². The van der Waals surface area contributed by atoms with Crippen LogP contribution in [0.2, 0.25) is 0 Å². The van der Waals surface area contributed by atoms with Gasteiger partial charge in [-0.3, -0.25) is 0 Å². The molecule has 1 aromatic heterocycles. The van der Waals surface area contributed by atoms with Gasteiger partial charge in [0.2, 0.25) is 0 Å². The molecule has 0 spiro atoms. The topological polar surface area (TPSA) is 27.1 Å². The van der Waals surface area contributed by atoms with E-state index in [2.05, 4.69) is 27.2 Å². The fraction of sp³-hybridized carbons (Fsp3) is 0.308. The minimum atomic E-state index is 0.836. The first-order valence-corrected chi connectivity index (χ1v) is 6.70. The molecule has 0 aliphatic heterocycles. The summed E-state index contributed by atoms with van der Waals surface area (Å²) >= 11 is 3.43. The van der Waals surface area contributed by atoms with Crippen LogP contribution in [0.5, 0.6) is 5.75 Å². The molecule has 1 aromatic carbocycles. The van der Waals surface area contributed by atoms with E-state index in [1.807, 2.05) is 35.1 Å². The van der Waals surface area contributed by atoms with Crippen LogP contribution in [0.15, 0.2) is 36.7 Å². The number of benzene rings is 1. The van der Waals surface area contributed by atoms with E-state index in [9.17, 15) is 0 Å². The molecular weight excluding hydrogens is 280 g/mol. The molecular formula is C13H15BrN2O. The highest BCUT2D eigenvalue weighted by atomic mass is 79.9. The zero-order valence-corrected chi connectivity index (χ0v) is 11.4. The molecule has 0 saturated heterocycles. The first-order valence-electron chi connectivity index (χ1n) is 5.58. The molecule has 2 aromatic rings. The normalized spacial score (nSPS) is 10.5. The van der Waals surface area contributed by atoms with E-state index in [-0.39, 0.29) is 0 Å². The summed E-state index contributed by atoms with van der Waals surface area (Å²) in [6, 6.07) is 7.88. The lowest BCUT2D eigenvalue weighted by molar-refractivity contribution is 0.411. The lowest BCUT2D eigenvalue weighted by atomic mass is 10.2. The van der Waals surface area contributed by atoms with Gasteiger partial charge in [0.1, 0.15) is 11.4 Å². The Morgan fingerprint density at radius 3 is 2.94 bits per heavy atom. The molecule has 0 unspecified atom stereocenters. The van der Waals surface area contributed by atoms with Crippen LogP contribution in [0.4, 0.5) is 0 Å². The molecule has 0 saturated carbocycles. The summed E-state index contributed by atoms with van der Waals surface area (Å²) in [7, 11) is 1.67. The van der Waals surface area contributed by atoms with E-state index < -0.39 is 0 Å².